The fraction of sp³-hybridized carbons (Fsp3) is 0.120. The molecule has 1 aliphatic heterocycles. The highest BCUT2D eigenvalue weighted by atomic mass is 19.2. The van der Waals surface area contributed by atoms with Crippen LogP contribution in [0, 0.1) is 42.9 Å². The topological polar surface area (TPSA) is 61.8 Å². The van der Waals surface area contributed by atoms with E-state index in [-0.39, 0.29) is 28.6 Å². The fourth-order valence-corrected chi connectivity index (χ4v) is 3.35. The van der Waals surface area contributed by atoms with Crippen LogP contribution >= 0.6 is 0 Å². The van der Waals surface area contributed by atoms with Gasteiger partial charge < -0.3 is 14.2 Å². The zero-order valence-corrected chi connectivity index (χ0v) is 18.2. The molecule has 180 valence electrons. The third-order valence-corrected chi connectivity index (χ3v) is 5.05. The van der Waals surface area contributed by atoms with Gasteiger partial charge in [0.2, 0.25) is 34.9 Å². The lowest BCUT2D eigenvalue weighted by Gasteiger charge is -2.11. The third-order valence-electron chi connectivity index (χ3n) is 5.05. The van der Waals surface area contributed by atoms with E-state index in [0.29, 0.717) is 5.56 Å². The highest BCUT2D eigenvalue weighted by Gasteiger charge is 2.31. The molecule has 0 saturated heterocycles. The van der Waals surface area contributed by atoms with E-state index < -0.39 is 47.4 Å². The lowest BCUT2D eigenvalue weighted by molar-refractivity contribution is -0.136. The minimum absolute atomic E-state index is 0.0603. The van der Waals surface area contributed by atoms with Gasteiger partial charge in [-0.15, -0.1) is 0 Å². The molecule has 5 nitrogen and oxygen atoms in total. The average Bonchev–Trinajstić information content (AvgIpc) is 3.13. The zero-order valence-electron chi connectivity index (χ0n) is 18.2. The molecule has 3 aromatic carbocycles. The van der Waals surface area contributed by atoms with E-state index in [0.717, 1.165) is 11.1 Å². The summed E-state index contributed by atoms with van der Waals surface area (Å²) in [7, 11) is 0. The van der Waals surface area contributed by atoms with Crippen LogP contribution in [0.4, 0.5) is 22.0 Å². The predicted octanol–water partition coefficient (Wildman–Crippen LogP) is 5.60. The van der Waals surface area contributed by atoms with Crippen molar-refractivity contribution in [2.75, 3.05) is 6.61 Å². The van der Waals surface area contributed by atoms with Gasteiger partial charge in [-0.25, -0.2) is 18.0 Å². The second-order valence-corrected chi connectivity index (χ2v) is 7.63. The molecule has 0 unspecified atom stereocenters. The number of fused-ring (bicyclic) bond motifs is 1. The molecule has 0 fully saturated rings. The molecule has 0 aliphatic carbocycles. The molecule has 10 heteroatoms. The average molecular weight is 490 g/mol. The van der Waals surface area contributed by atoms with Crippen LogP contribution in [-0.4, -0.2) is 18.4 Å². The molecular formula is C25H15F5O5. The molecule has 4 rings (SSSR count). The first-order chi connectivity index (χ1) is 16.6. The quantitative estimate of drug-likeness (QED) is 0.116. The molecule has 0 bridgehead atoms. The minimum Gasteiger partial charge on any atom is -0.476 e. The maximum atomic E-state index is 13.7. The Bertz CT molecular complexity index is 1370. The number of carbonyl (C=O) groups excluding carboxylic acids is 2. The first-order valence-corrected chi connectivity index (χ1v) is 10.1. The molecule has 1 aliphatic rings. The molecule has 0 atom stereocenters. The molecule has 0 amide bonds. The van der Waals surface area contributed by atoms with Gasteiger partial charge in [0.15, 0.2) is 18.1 Å². The molecule has 0 aromatic heterocycles. The number of hydrogen-bond donors (Lipinski definition) is 0. The Balaban J connectivity index is 1.49. The summed E-state index contributed by atoms with van der Waals surface area (Å²) in [6, 6.07) is 9.98. The van der Waals surface area contributed by atoms with Crippen LogP contribution in [0.5, 0.6) is 17.2 Å². The molecule has 1 heterocycles. The summed E-state index contributed by atoms with van der Waals surface area (Å²) >= 11 is 0. The van der Waals surface area contributed by atoms with E-state index in [1.54, 1.807) is 13.0 Å². The number of ketones is 1. The van der Waals surface area contributed by atoms with Crippen LogP contribution in [-0.2, 0) is 4.79 Å². The number of Topliss-reactive ketones (excluding diaryl/α,β-unsaturated/α-hetero) is 1. The fourth-order valence-electron chi connectivity index (χ4n) is 3.35. The first kappa shape index (κ1) is 23.9. The molecule has 0 radical (unpaired) electrons. The van der Waals surface area contributed by atoms with E-state index in [2.05, 4.69) is 4.74 Å². The van der Waals surface area contributed by atoms with Gasteiger partial charge in [-0.3, -0.25) is 4.79 Å². The van der Waals surface area contributed by atoms with Crippen molar-refractivity contribution in [1.29, 1.82) is 0 Å². The second-order valence-electron chi connectivity index (χ2n) is 7.63. The number of rotatable bonds is 5. The van der Waals surface area contributed by atoms with E-state index in [4.69, 9.17) is 9.47 Å². The standard InChI is InChI=1S/C25H15F5O5/c1-11-3-5-13(6-4-11)8-16-24(32)18-12(2)7-14(9-15(18)35-16)34-17(31)10-33-25-22(29)20(27)19(26)21(28)23(25)30/h3-9H,10H2,1-2H3/b16-8-. The smallest absolute Gasteiger partial charge is 0.349 e. The lowest BCUT2D eigenvalue weighted by atomic mass is 10.0. The first-order valence-electron chi connectivity index (χ1n) is 10.1. The SMILES string of the molecule is Cc1ccc(/C=C2\Oc3cc(OC(=O)COc4c(F)c(F)c(F)c(F)c4F)cc(C)c3C2=O)cc1. The van der Waals surface area contributed by atoms with Gasteiger partial charge >= 0.3 is 5.97 Å². The van der Waals surface area contributed by atoms with Crippen molar-refractivity contribution in [3.63, 3.8) is 0 Å². The van der Waals surface area contributed by atoms with Crippen molar-refractivity contribution in [3.05, 3.63) is 93.5 Å². The summed E-state index contributed by atoms with van der Waals surface area (Å²) in [6.07, 6.45) is 1.56. The molecule has 0 N–H and O–H groups in total. The maximum Gasteiger partial charge on any atom is 0.349 e. The Labute approximate surface area is 195 Å². The van der Waals surface area contributed by atoms with Crippen molar-refractivity contribution in [1.82, 2.24) is 0 Å². The van der Waals surface area contributed by atoms with E-state index in [9.17, 15) is 31.5 Å². The molecule has 0 spiro atoms. The van der Waals surface area contributed by atoms with E-state index in [1.807, 2.05) is 31.2 Å². The van der Waals surface area contributed by atoms with Gasteiger partial charge in [0, 0.05) is 6.07 Å². The van der Waals surface area contributed by atoms with Crippen LogP contribution in [0.3, 0.4) is 0 Å². The summed E-state index contributed by atoms with van der Waals surface area (Å²) in [6.45, 7) is 2.34. The Kier molecular flexibility index (Phi) is 6.29. The largest absolute Gasteiger partial charge is 0.476 e. The Hall–Kier alpha value is -4.21. The van der Waals surface area contributed by atoms with Crippen LogP contribution < -0.4 is 14.2 Å². The number of aryl methyl sites for hydroxylation is 2. The zero-order chi connectivity index (χ0) is 25.4. The van der Waals surface area contributed by atoms with Crippen LogP contribution in [0.2, 0.25) is 0 Å². The number of ether oxygens (including phenoxy) is 3. The number of benzene rings is 3. The summed E-state index contributed by atoms with van der Waals surface area (Å²) in [5.41, 5.74) is 2.46. The second kappa shape index (κ2) is 9.21. The van der Waals surface area contributed by atoms with Crippen molar-refractivity contribution >= 4 is 17.8 Å². The normalized spacial score (nSPS) is 13.6. The van der Waals surface area contributed by atoms with E-state index >= 15 is 0 Å². The molecule has 35 heavy (non-hydrogen) atoms. The maximum absolute atomic E-state index is 13.7. The van der Waals surface area contributed by atoms with Gasteiger partial charge in [-0.05, 0) is 37.1 Å². The summed E-state index contributed by atoms with van der Waals surface area (Å²) in [4.78, 5) is 24.8. The van der Waals surface area contributed by atoms with Crippen molar-refractivity contribution < 1.29 is 45.8 Å². The number of esters is 1. The minimum atomic E-state index is -2.35. The third kappa shape index (κ3) is 4.59. The predicted molar refractivity (Wildman–Crippen MR) is 113 cm³/mol. The van der Waals surface area contributed by atoms with E-state index in [1.165, 1.54) is 12.1 Å². The Morgan fingerprint density at radius 3 is 2.14 bits per heavy atom. The highest BCUT2D eigenvalue weighted by Crippen LogP contribution is 2.37. The molecule has 3 aromatic rings. The Morgan fingerprint density at radius 1 is 0.914 bits per heavy atom. The summed E-state index contributed by atoms with van der Waals surface area (Å²) in [5, 5.41) is 0. The van der Waals surface area contributed by atoms with Crippen LogP contribution in [0.25, 0.3) is 6.08 Å². The summed E-state index contributed by atoms with van der Waals surface area (Å²) in [5.74, 6) is -14.3. The van der Waals surface area contributed by atoms with Crippen molar-refractivity contribution in [2.24, 2.45) is 0 Å². The monoisotopic (exact) mass is 490 g/mol. The van der Waals surface area contributed by atoms with Gasteiger partial charge in [-0.1, -0.05) is 29.8 Å². The highest BCUT2D eigenvalue weighted by molar-refractivity contribution is 6.15. The summed E-state index contributed by atoms with van der Waals surface area (Å²) < 4.78 is 82.1. The number of carbonyl (C=O) groups is 2. The Morgan fingerprint density at radius 2 is 1.51 bits per heavy atom. The number of hydrogen-bond acceptors (Lipinski definition) is 5. The molecule has 0 saturated carbocycles. The van der Waals surface area contributed by atoms with Crippen molar-refractivity contribution in [2.45, 2.75) is 13.8 Å². The number of allylic oxidation sites excluding steroid dienone is 1. The van der Waals surface area contributed by atoms with Gasteiger partial charge in [0.05, 0.1) is 5.56 Å². The molecular weight excluding hydrogens is 475 g/mol. The van der Waals surface area contributed by atoms with Crippen molar-refractivity contribution in [3.8, 4) is 17.2 Å². The van der Waals surface area contributed by atoms with Crippen LogP contribution in [0.15, 0.2) is 42.2 Å². The van der Waals surface area contributed by atoms with Crippen LogP contribution in [0.1, 0.15) is 27.0 Å². The van der Waals surface area contributed by atoms with Gasteiger partial charge in [0.1, 0.15) is 11.5 Å². The van der Waals surface area contributed by atoms with Gasteiger partial charge in [0.25, 0.3) is 0 Å². The lowest BCUT2D eigenvalue weighted by Crippen LogP contribution is -2.19. The number of halogens is 5. The van der Waals surface area contributed by atoms with Gasteiger partial charge in [-0.2, -0.15) is 8.78 Å².